The second kappa shape index (κ2) is 15.6. The van der Waals surface area contributed by atoms with Crippen LogP contribution in [0.5, 0.6) is 11.6 Å². The molecule has 50 heavy (non-hydrogen) atoms. The molecule has 0 saturated carbocycles. The number of aliphatic hydroxyl groups excluding tert-OH is 1. The van der Waals surface area contributed by atoms with Crippen LogP contribution >= 0.6 is 12.0 Å². The number of hydrogen-bond acceptors (Lipinski definition) is 16. The summed E-state index contributed by atoms with van der Waals surface area (Å²) in [5.74, 6) is -1.16. The van der Waals surface area contributed by atoms with E-state index in [1.54, 1.807) is 0 Å². The zero-order valence-corrected chi connectivity index (χ0v) is 26.6. The number of azo groups is 2. The first kappa shape index (κ1) is 35.5. The Morgan fingerprint density at radius 1 is 0.880 bits per heavy atom. The third-order valence-electron chi connectivity index (χ3n) is 6.45. The van der Waals surface area contributed by atoms with Crippen LogP contribution in [0.25, 0.3) is 10.8 Å². The maximum atomic E-state index is 13.0. The molecule has 0 aliphatic heterocycles. The maximum Gasteiger partial charge on any atom is 0.328 e. The fraction of sp³-hybridized carbons (Fsp3) is 0.0690. The average Bonchev–Trinajstić information content (AvgIpc) is 3.08. The fourth-order valence-electron chi connectivity index (χ4n) is 4.27. The van der Waals surface area contributed by atoms with Crippen LogP contribution in [-0.2, 0) is 19.5 Å². The van der Waals surface area contributed by atoms with Crippen LogP contribution < -0.4 is 21.3 Å². The van der Waals surface area contributed by atoms with Gasteiger partial charge < -0.3 is 20.3 Å². The number of nitrogens with zero attached hydrogens (tertiary/aromatic N) is 4. The Kier molecular flexibility index (Phi) is 11.1. The molecule has 0 aliphatic rings. The van der Waals surface area contributed by atoms with E-state index in [-0.39, 0.29) is 57.6 Å². The number of amides is 1. The van der Waals surface area contributed by atoms with Crippen molar-refractivity contribution in [1.82, 2.24) is 9.97 Å². The number of rotatable bonds is 13. The van der Waals surface area contributed by atoms with Crippen molar-refractivity contribution in [3.8, 4) is 11.6 Å². The molecule has 7 N–H and O–H groups in total. The lowest BCUT2D eigenvalue weighted by Gasteiger charge is -2.12. The lowest BCUT2D eigenvalue weighted by molar-refractivity contribution is -0.432. The summed E-state index contributed by atoms with van der Waals surface area (Å²) < 4.78 is 43.9. The van der Waals surface area contributed by atoms with E-state index in [9.17, 15) is 37.6 Å². The minimum atomic E-state index is -4.68. The van der Waals surface area contributed by atoms with E-state index < -0.39 is 43.7 Å². The molecule has 1 aromatic heterocycles. The molecule has 1 amide bonds. The van der Waals surface area contributed by atoms with Gasteiger partial charge in [0, 0.05) is 21.9 Å². The second-order valence-corrected chi connectivity index (χ2v) is 12.0. The van der Waals surface area contributed by atoms with Gasteiger partial charge in [0.2, 0.25) is 11.6 Å². The van der Waals surface area contributed by atoms with Crippen LogP contribution in [0.2, 0.25) is 0 Å². The Labute approximate surface area is 283 Å². The summed E-state index contributed by atoms with van der Waals surface area (Å²) in [5, 5.41) is 49.9. The molecule has 5 rings (SSSR count). The molecule has 0 radical (unpaired) electrons. The number of carbonyl (C=O) groups excluding carboxylic acids is 1. The number of aromatic hydroxyl groups is 1. The van der Waals surface area contributed by atoms with Crippen molar-refractivity contribution >= 4 is 67.3 Å². The number of aromatic amines is 2. The lowest BCUT2D eigenvalue weighted by atomic mass is 10.1. The molecule has 0 saturated heterocycles. The van der Waals surface area contributed by atoms with Crippen LogP contribution in [0.15, 0.2) is 113 Å². The van der Waals surface area contributed by atoms with Crippen LogP contribution in [0, 0.1) is 0 Å². The summed E-state index contributed by atoms with van der Waals surface area (Å²) in [6.07, 6.45) is 0. The first-order valence-corrected chi connectivity index (χ1v) is 16.0. The van der Waals surface area contributed by atoms with E-state index in [2.05, 4.69) is 35.1 Å². The van der Waals surface area contributed by atoms with Crippen molar-refractivity contribution < 1.29 is 47.3 Å². The summed E-state index contributed by atoms with van der Waals surface area (Å²) in [6.45, 7) is -0.444. The third kappa shape index (κ3) is 8.80. The van der Waals surface area contributed by atoms with Gasteiger partial charge in [0.15, 0.2) is 0 Å². The van der Waals surface area contributed by atoms with Gasteiger partial charge in [-0.15, -0.1) is 9.45 Å². The predicted octanol–water partition coefficient (Wildman–Crippen LogP) is 5.05. The quantitative estimate of drug-likeness (QED) is 0.0275. The second-order valence-electron chi connectivity index (χ2n) is 9.79. The number of aliphatic hydroxyl groups is 1. The SMILES string of the molecule is O=C(Nc1ccc(N=Nc2ccc3cc(SOOO)cc(S(=O)(=O)O)c3c2)cc1OCCO)c1ccc(N=Nc2c(O)[nH]c(=O)[nH]c2=O)cc1. The van der Waals surface area contributed by atoms with Gasteiger partial charge in [-0.25, -0.2) is 10.1 Å². The van der Waals surface area contributed by atoms with Gasteiger partial charge in [-0.2, -0.15) is 23.8 Å². The number of H-pyrrole nitrogens is 2. The molecule has 5 aromatic rings. The summed E-state index contributed by atoms with van der Waals surface area (Å²) >= 11 is 0.514. The zero-order chi connectivity index (χ0) is 35.8. The number of carbonyl (C=O) groups is 1. The van der Waals surface area contributed by atoms with E-state index >= 15 is 0 Å². The number of fused-ring (bicyclic) bond motifs is 1. The number of hydrogen-bond donors (Lipinski definition) is 7. The highest BCUT2D eigenvalue weighted by molar-refractivity contribution is 7.94. The molecule has 0 unspecified atom stereocenters. The highest BCUT2D eigenvalue weighted by Gasteiger charge is 2.17. The highest BCUT2D eigenvalue weighted by atomic mass is 32.2. The smallest absolute Gasteiger partial charge is 0.328 e. The van der Waals surface area contributed by atoms with E-state index in [0.29, 0.717) is 17.4 Å². The van der Waals surface area contributed by atoms with Crippen molar-refractivity contribution in [3.05, 3.63) is 99.2 Å². The fourth-order valence-corrected chi connectivity index (χ4v) is 5.53. The van der Waals surface area contributed by atoms with Crippen LogP contribution in [-0.4, -0.2) is 57.5 Å². The van der Waals surface area contributed by atoms with Gasteiger partial charge in [0.05, 0.1) is 41.4 Å². The lowest BCUT2D eigenvalue weighted by Crippen LogP contribution is -2.20. The third-order valence-corrected chi connectivity index (χ3v) is 7.90. The van der Waals surface area contributed by atoms with Crippen LogP contribution in [0.3, 0.4) is 0 Å². The van der Waals surface area contributed by atoms with Crippen molar-refractivity contribution in [3.63, 3.8) is 0 Å². The molecule has 0 atom stereocenters. The number of anilines is 1. The number of ether oxygens (including phenoxy) is 1. The zero-order valence-electron chi connectivity index (χ0n) is 25.0. The van der Waals surface area contributed by atoms with Gasteiger partial charge in [0.25, 0.3) is 21.6 Å². The minimum absolute atomic E-state index is 0.115. The van der Waals surface area contributed by atoms with Crippen LogP contribution in [0.4, 0.5) is 28.4 Å². The molecule has 258 valence electrons. The van der Waals surface area contributed by atoms with E-state index in [1.165, 1.54) is 66.7 Å². The van der Waals surface area contributed by atoms with Gasteiger partial charge in [-0.3, -0.25) is 24.1 Å². The standard InChI is InChI=1S/C29H23N7O12S2/c37-9-10-46-23-13-19(35-34-18-6-3-16-11-20(49-48-47-42)14-24(21(16)12-18)50(43,44)45)7-8-22(23)30-26(38)15-1-4-17(5-2-15)33-36-25-27(39)31-29(41)32-28(25)40/h1-8,11-14,37,42H,9-10H2,(H,30,38)(H,43,44,45)(H3,31,32,39,40,41). The van der Waals surface area contributed by atoms with Crippen molar-refractivity contribution in [2.75, 3.05) is 18.5 Å². The van der Waals surface area contributed by atoms with Gasteiger partial charge in [-0.1, -0.05) is 11.1 Å². The first-order valence-electron chi connectivity index (χ1n) is 13.8. The number of benzene rings is 4. The highest BCUT2D eigenvalue weighted by Crippen LogP contribution is 2.35. The molecule has 19 nitrogen and oxygen atoms in total. The predicted molar refractivity (Wildman–Crippen MR) is 176 cm³/mol. The largest absolute Gasteiger partial charge is 0.493 e. The Morgan fingerprint density at radius 2 is 1.56 bits per heavy atom. The summed E-state index contributed by atoms with van der Waals surface area (Å²) in [5.41, 5.74) is -1.23. The number of nitrogens with one attached hydrogen (secondary N) is 3. The van der Waals surface area contributed by atoms with E-state index in [4.69, 9.17) is 9.99 Å². The summed E-state index contributed by atoms with van der Waals surface area (Å²) in [6, 6.07) is 17.2. The van der Waals surface area contributed by atoms with Gasteiger partial charge in [0.1, 0.15) is 17.3 Å². The number of aromatic nitrogens is 2. The molecule has 0 bridgehead atoms. The van der Waals surface area contributed by atoms with Crippen molar-refractivity contribution in [1.29, 1.82) is 0 Å². The molecular weight excluding hydrogens is 702 g/mol. The normalized spacial score (nSPS) is 11.8. The summed E-state index contributed by atoms with van der Waals surface area (Å²) in [4.78, 5) is 39.7. The monoisotopic (exact) mass is 725 g/mol. The molecule has 1 heterocycles. The van der Waals surface area contributed by atoms with E-state index in [1.807, 2.05) is 9.97 Å². The average molecular weight is 726 g/mol. The molecular formula is C29H23N7O12S2. The minimum Gasteiger partial charge on any atom is -0.493 e. The topological polar surface area (TPSA) is 287 Å². The van der Waals surface area contributed by atoms with Crippen molar-refractivity contribution in [2.24, 2.45) is 20.5 Å². The molecule has 4 aromatic carbocycles. The molecule has 0 fully saturated rings. The Bertz CT molecular complexity index is 2340. The molecule has 0 spiro atoms. The first-order chi connectivity index (χ1) is 23.9. The van der Waals surface area contributed by atoms with Gasteiger partial charge >= 0.3 is 5.69 Å². The van der Waals surface area contributed by atoms with Crippen LogP contribution in [0.1, 0.15) is 10.4 Å². The molecule has 21 heteroatoms. The Balaban J connectivity index is 1.34. The summed E-state index contributed by atoms with van der Waals surface area (Å²) in [7, 11) is -4.68. The Morgan fingerprint density at radius 3 is 2.24 bits per heavy atom. The molecule has 0 aliphatic carbocycles. The van der Waals surface area contributed by atoms with Crippen molar-refractivity contribution in [2.45, 2.75) is 9.79 Å². The maximum absolute atomic E-state index is 13.0. The van der Waals surface area contributed by atoms with Gasteiger partial charge in [-0.05, 0) is 66.0 Å². The Hall–Kier alpha value is -5.81. The van der Waals surface area contributed by atoms with E-state index in [0.717, 1.165) is 6.07 Å².